The first-order valence-corrected chi connectivity index (χ1v) is 13.0. The topological polar surface area (TPSA) is 70.2 Å². The van der Waals surface area contributed by atoms with Crippen molar-refractivity contribution in [3.05, 3.63) is 84.4 Å². The molecule has 37 heavy (non-hydrogen) atoms. The maximum Gasteiger partial charge on any atom is 0.416 e. The van der Waals surface area contributed by atoms with Crippen LogP contribution in [0.4, 0.5) is 24.5 Å². The molecule has 0 radical (unpaired) electrons. The van der Waals surface area contributed by atoms with Gasteiger partial charge in [-0.15, -0.1) is 0 Å². The zero-order valence-corrected chi connectivity index (χ0v) is 20.9. The Hall–Kier alpha value is -3.73. The second kappa shape index (κ2) is 10.7. The van der Waals surface area contributed by atoms with Crippen LogP contribution in [0.25, 0.3) is 0 Å². The fraction of sp³-hybridized carbons (Fsp3) is 0.269. The van der Waals surface area contributed by atoms with Gasteiger partial charge in [0.05, 0.1) is 16.1 Å². The summed E-state index contributed by atoms with van der Waals surface area (Å²) in [4.78, 5) is 16.2. The Morgan fingerprint density at radius 2 is 1.57 bits per heavy atom. The summed E-state index contributed by atoms with van der Waals surface area (Å²) in [6.45, 7) is 1.33. The first-order valence-electron chi connectivity index (χ1n) is 11.5. The Kier molecular flexibility index (Phi) is 7.63. The molecule has 0 saturated carbocycles. The number of halogens is 3. The molecule has 1 aliphatic heterocycles. The zero-order chi connectivity index (χ0) is 26.6. The summed E-state index contributed by atoms with van der Waals surface area (Å²) in [5.41, 5.74) is 0.206. The summed E-state index contributed by atoms with van der Waals surface area (Å²) >= 11 is 0. The van der Waals surface area contributed by atoms with E-state index >= 15 is 0 Å². The van der Waals surface area contributed by atoms with E-state index in [0.717, 1.165) is 12.1 Å². The van der Waals surface area contributed by atoms with E-state index in [1.165, 1.54) is 29.6 Å². The van der Waals surface area contributed by atoms with Crippen molar-refractivity contribution in [3.8, 4) is 5.75 Å². The van der Waals surface area contributed by atoms with Crippen molar-refractivity contribution in [1.82, 2.24) is 4.90 Å². The monoisotopic (exact) mass is 533 g/mol. The normalized spacial score (nSPS) is 14.4. The summed E-state index contributed by atoms with van der Waals surface area (Å²) in [5.74, 6) is 0.168. The molecular weight excluding hydrogens is 507 g/mol. The Balaban J connectivity index is 1.29. The molecule has 0 N–H and O–H groups in total. The van der Waals surface area contributed by atoms with Crippen LogP contribution in [0.1, 0.15) is 5.56 Å². The van der Waals surface area contributed by atoms with Crippen molar-refractivity contribution in [2.45, 2.75) is 11.1 Å². The van der Waals surface area contributed by atoms with E-state index < -0.39 is 21.8 Å². The third-order valence-electron chi connectivity index (χ3n) is 6.14. The number of carbonyl (C=O) groups is 1. The van der Waals surface area contributed by atoms with Crippen molar-refractivity contribution in [1.29, 1.82) is 0 Å². The maximum atomic E-state index is 13.0. The van der Waals surface area contributed by atoms with E-state index in [1.54, 1.807) is 53.4 Å². The highest BCUT2D eigenvalue weighted by Crippen LogP contribution is 2.32. The molecular formula is C26H26F3N3O4S. The average molecular weight is 534 g/mol. The first kappa shape index (κ1) is 26.3. The summed E-state index contributed by atoms with van der Waals surface area (Å²) < 4.78 is 71.3. The van der Waals surface area contributed by atoms with Crippen LogP contribution < -0.4 is 13.9 Å². The van der Waals surface area contributed by atoms with E-state index in [0.29, 0.717) is 43.3 Å². The van der Waals surface area contributed by atoms with Gasteiger partial charge >= 0.3 is 6.18 Å². The standard InChI is InChI=1S/C26H26F3N3O4S/c1-30(37(34,35)24-8-3-2-4-9-24)21-10-12-23(13-11-21)36-19-25(33)32-16-14-31(15-17-32)22-7-5-6-20(18-22)26(27,28)29/h2-13,18H,14-17,19H2,1H3. The van der Waals surface area contributed by atoms with Crippen LogP contribution >= 0.6 is 0 Å². The maximum absolute atomic E-state index is 13.0. The number of alkyl halides is 3. The molecule has 0 unspecified atom stereocenters. The number of ether oxygens (including phenoxy) is 1. The van der Waals surface area contributed by atoms with Gasteiger partial charge in [-0.1, -0.05) is 24.3 Å². The molecule has 0 spiro atoms. The smallest absolute Gasteiger partial charge is 0.416 e. The third kappa shape index (κ3) is 6.16. The van der Waals surface area contributed by atoms with Crippen LogP contribution in [-0.2, 0) is 21.0 Å². The van der Waals surface area contributed by atoms with Gasteiger partial charge in [-0.25, -0.2) is 8.42 Å². The van der Waals surface area contributed by atoms with Crippen LogP contribution in [-0.4, -0.2) is 59.1 Å². The highest BCUT2D eigenvalue weighted by Gasteiger charge is 2.31. The second-order valence-corrected chi connectivity index (χ2v) is 10.5. The van der Waals surface area contributed by atoms with Crippen LogP contribution in [0, 0.1) is 0 Å². The van der Waals surface area contributed by atoms with Gasteiger partial charge in [0.15, 0.2) is 6.61 Å². The fourth-order valence-electron chi connectivity index (χ4n) is 3.97. The predicted molar refractivity (Wildman–Crippen MR) is 134 cm³/mol. The molecule has 0 bridgehead atoms. The van der Waals surface area contributed by atoms with Crippen LogP contribution in [0.2, 0.25) is 0 Å². The summed E-state index contributed by atoms with van der Waals surface area (Å²) in [6, 6.07) is 19.6. The zero-order valence-electron chi connectivity index (χ0n) is 20.1. The number of amides is 1. The van der Waals surface area contributed by atoms with Gasteiger partial charge in [0, 0.05) is 38.9 Å². The Labute approximate surface area is 213 Å². The van der Waals surface area contributed by atoms with E-state index in [-0.39, 0.29) is 17.4 Å². The van der Waals surface area contributed by atoms with Gasteiger partial charge in [-0.3, -0.25) is 9.10 Å². The van der Waals surface area contributed by atoms with Gasteiger partial charge in [0.1, 0.15) is 5.75 Å². The third-order valence-corrected chi connectivity index (χ3v) is 7.94. The molecule has 0 aromatic heterocycles. The number of nitrogens with zero attached hydrogens (tertiary/aromatic N) is 3. The quantitative estimate of drug-likeness (QED) is 0.454. The van der Waals surface area contributed by atoms with Gasteiger partial charge in [0.2, 0.25) is 0 Å². The molecule has 1 saturated heterocycles. The van der Waals surface area contributed by atoms with Gasteiger partial charge in [-0.05, 0) is 54.6 Å². The molecule has 1 aliphatic rings. The predicted octanol–water partition coefficient (Wildman–Crippen LogP) is 4.26. The van der Waals surface area contributed by atoms with Gasteiger partial charge < -0.3 is 14.5 Å². The molecule has 1 fully saturated rings. The van der Waals surface area contributed by atoms with Crippen molar-refractivity contribution in [2.24, 2.45) is 0 Å². The minimum Gasteiger partial charge on any atom is -0.484 e. The summed E-state index contributed by atoms with van der Waals surface area (Å²) in [6.07, 6.45) is -4.41. The Bertz CT molecular complexity index is 1330. The van der Waals surface area contributed by atoms with E-state index in [1.807, 2.05) is 4.90 Å². The van der Waals surface area contributed by atoms with Crippen molar-refractivity contribution >= 4 is 27.3 Å². The van der Waals surface area contributed by atoms with Crippen molar-refractivity contribution in [3.63, 3.8) is 0 Å². The number of hydrogen-bond donors (Lipinski definition) is 0. The van der Waals surface area contributed by atoms with E-state index in [4.69, 9.17) is 4.74 Å². The summed E-state index contributed by atoms with van der Waals surface area (Å²) in [5, 5.41) is 0. The molecule has 3 aromatic carbocycles. The Morgan fingerprint density at radius 1 is 0.919 bits per heavy atom. The SMILES string of the molecule is CN(c1ccc(OCC(=O)N2CCN(c3cccc(C(F)(F)F)c3)CC2)cc1)S(=O)(=O)c1ccccc1. The lowest BCUT2D eigenvalue weighted by molar-refractivity contribution is -0.137. The van der Waals surface area contributed by atoms with Crippen LogP contribution in [0.5, 0.6) is 5.75 Å². The minimum absolute atomic E-state index is 0.177. The number of hydrogen-bond acceptors (Lipinski definition) is 5. The van der Waals surface area contributed by atoms with Crippen LogP contribution in [0.3, 0.4) is 0 Å². The van der Waals surface area contributed by atoms with Gasteiger partial charge in [0.25, 0.3) is 15.9 Å². The highest BCUT2D eigenvalue weighted by atomic mass is 32.2. The lowest BCUT2D eigenvalue weighted by Crippen LogP contribution is -2.50. The Morgan fingerprint density at radius 3 is 2.19 bits per heavy atom. The summed E-state index contributed by atoms with van der Waals surface area (Å²) in [7, 11) is -2.25. The number of benzene rings is 3. The number of rotatable bonds is 7. The number of sulfonamides is 1. The lowest BCUT2D eigenvalue weighted by Gasteiger charge is -2.36. The van der Waals surface area contributed by atoms with Crippen molar-refractivity contribution in [2.75, 3.05) is 49.0 Å². The fourth-order valence-corrected chi connectivity index (χ4v) is 5.19. The van der Waals surface area contributed by atoms with Crippen molar-refractivity contribution < 1.29 is 31.1 Å². The average Bonchev–Trinajstić information content (AvgIpc) is 2.92. The lowest BCUT2D eigenvalue weighted by atomic mass is 10.1. The molecule has 7 nitrogen and oxygen atoms in total. The first-order chi connectivity index (χ1) is 17.6. The molecule has 196 valence electrons. The molecule has 0 aliphatic carbocycles. The van der Waals surface area contributed by atoms with E-state index in [9.17, 15) is 26.4 Å². The second-order valence-electron chi connectivity index (χ2n) is 8.48. The molecule has 3 aromatic rings. The van der Waals surface area contributed by atoms with Crippen LogP contribution in [0.15, 0.2) is 83.8 Å². The molecule has 1 amide bonds. The molecule has 4 rings (SSSR count). The number of carbonyl (C=O) groups excluding carboxylic acids is 1. The number of anilines is 2. The van der Waals surface area contributed by atoms with E-state index in [2.05, 4.69) is 0 Å². The highest BCUT2D eigenvalue weighted by molar-refractivity contribution is 7.92. The largest absolute Gasteiger partial charge is 0.484 e. The minimum atomic E-state index is -4.41. The molecule has 11 heteroatoms. The molecule has 1 heterocycles. The van der Waals surface area contributed by atoms with Gasteiger partial charge in [-0.2, -0.15) is 13.2 Å². The number of piperazine rings is 1. The molecule has 0 atom stereocenters.